The van der Waals surface area contributed by atoms with Gasteiger partial charge in [-0.05, 0) is 29.6 Å². The molecule has 0 fully saturated rings. The van der Waals surface area contributed by atoms with E-state index in [0.29, 0.717) is 11.3 Å². The Bertz CT molecular complexity index is 947. The normalized spacial score (nSPS) is 15.2. The molecule has 0 saturated carbocycles. The standard InChI is InChI=1S/C18H10F2N2OS/c19-11-7-12(20)9-13(8-11)21-17-15-3-1-2-4-16(15)22(18(17)23)14-5-6-24-10-14/h1-10H/b21-17-. The molecule has 0 N–H and O–H groups in total. The Kier molecular flexibility index (Phi) is 3.46. The second kappa shape index (κ2) is 5.65. The minimum atomic E-state index is -0.734. The minimum absolute atomic E-state index is 0.0674. The van der Waals surface area contributed by atoms with Crippen molar-refractivity contribution in [3.8, 4) is 0 Å². The van der Waals surface area contributed by atoms with Gasteiger partial charge in [0.1, 0.15) is 17.3 Å². The highest BCUT2D eigenvalue weighted by molar-refractivity contribution is 7.08. The molecule has 0 spiro atoms. The van der Waals surface area contributed by atoms with Crippen LogP contribution < -0.4 is 4.90 Å². The predicted octanol–water partition coefficient (Wildman–Crippen LogP) is 4.83. The number of benzene rings is 2. The zero-order valence-electron chi connectivity index (χ0n) is 12.2. The monoisotopic (exact) mass is 340 g/mol. The molecule has 3 aromatic rings. The Morgan fingerprint density at radius 2 is 1.75 bits per heavy atom. The van der Waals surface area contributed by atoms with E-state index in [0.717, 1.165) is 23.9 Å². The molecule has 2 heterocycles. The third-order valence-corrected chi connectivity index (χ3v) is 4.33. The largest absolute Gasteiger partial charge is 0.282 e. The van der Waals surface area contributed by atoms with Gasteiger partial charge in [-0.15, -0.1) is 0 Å². The van der Waals surface area contributed by atoms with Crippen LogP contribution in [0.15, 0.2) is 64.3 Å². The number of amides is 1. The third-order valence-electron chi connectivity index (χ3n) is 3.66. The maximum atomic E-state index is 13.4. The van der Waals surface area contributed by atoms with E-state index in [1.165, 1.54) is 11.3 Å². The van der Waals surface area contributed by atoms with E-state index >= 15 is 0 Å². The molecule has 24 heavy (non-hydrogen) atoms. The van der Waals surface area contributed by atoms with Gasteiger partial charge in [-0.25, -0.2) is 13.8 Å². The lowest BCUT2D eigenvalue weighted by Crippen LogP contribution is -2.24. The molecule has 4 rings (SSSR count). The molecule has 0 saturated heterocycles. The van der Waals surface area contributed by atoms with Crippen LogP contribution in [-0.4, -0.2) is 11.6 Å². The third kappa shape index (κ3) is 2.41. The summed E-state index contributed by atoms with van der Waals surface area (Å²) in [5, 5.41) is 3.74. The number of hydrogen-bond donors (Lipinski definition) is 0. The van der Waals surface area contributed by atoms with Crippen molar-refractivity contribution in [3.63, 3.8) is 0 Å². The molecule has 0 bridgehead atoms. The molecule has 3 nitrogen and oxygen atoms in total. The van der Waals surface area contributed by atoms with Crippen LogP contribution in [0.25, 0.3) is 0 Å². The van der Waals surface area contributed by atoms with Crippen LogP contribution in [0.4, 0.5) is 25.8 Å². The molecule has 1 amide bonds. The highest BCUT2D eigenvalue weighted by Gasteiger charge is 2.34. The number of carbonyl (C=O) groups is 1. The number of thiophene rings is 1. The number of rotatable bonds is 2. The van der Waals surface area contributed by atoms with Crippen LogP contribution >= 0.6 is 11.3 Å². The molecule has 0 unspecified atom stereocenters. The predicted molar refractivity (Wildman–Crippen MR) is 90.5 cm³/mol. The highest BCUT2D eigenvalue weighted by Crippen LogP contribution is 2.37. The first-order valence-electron chi connectivity index (χ1n) is 7.14. The second-order valence-electron chi connectivity index (χ2n) is 5.23. The summed E-state index contributed by atoms with van der Waals surface area (Å²) in [4.78, 5) is 18.6. The molecule has 0 aliphatic carbocycles. The summed E-state index contributed by atoms with van der Waals surface area (Å²) in [5.41, 5.74) is 2.32. The van der Waals surface area contributed by atoms with E-state index in [1.807, 2.05) is 29.0 Å². The number of hydrogen-bond acceptors (Lipinski definition) is 3. The Morgan fingerprint density at radius 1 is 1.00 bits per heavy atom. The molecule has 118 valence electrons. The van der Waals surface area contributed by atoms with Crippen LogP contribution in [0.2, 0.25) is 0 Å². The first kappa shape index (κ1) is 14.7. The van der Waals surface area contributed by atoms with E-state index < -0.39 is 11.6 Å². The zero-order valence-corrected chi connectivity index (χ0v) is 13.1. The molecular formula is C18H10F2N2OS. The summed E-state index contributed by atoms with van der Waals surface area (Å²) >= 11 is 1.48. The molecule has 0 radical (unpaired) electrons. The fourth-order valence-electron chi connectivity index (χ4n) is 2.68. The molecule has 1 aliphatic rings. The number of anilines is 2. The lowest BCUT2D eigenvalue weighted by molar-refractivity contribution is -0.111. The number of nitrogens with zero attached hydrogens (tertiary/aromatic N) is 2. The first-order valence-corrected chi connectivity index (χ1v) is 8.08. The molecule has 2 aromatic carbocycles. The van der Waals surface area contributed by atoms with E-state index in [-0.39, 0.29) is 17.3 Å². The van der Waals surface area contributed by atoms with Crippen molar-refractivity contribution in [2.45, 2.75) is 0 Å². The van der Waals surface area contributed by atoms with Crippen LogP contribution in [0.3, 0.4) is 0 Å². The van der Waals surface area contributed by atoms with Gasteiger partial charge in [0.15, 0.2) is 0 Å². The van der Waals surface area contributed by atoms with E-state index in [1.54, 1.807) is 17.0 Å². The fraction of sp³-hybridized carbons (Fsp3) is 0. The van der Waals surface area contributed by atoms with Gasteiger partial charge in [0.05, 0.1) is 17.1 Å². The average molecular weight is 340 g/mol. The fourth-order valence-corrected chi connectivity index (χ4v) is 3.30. The summed E-state index contributed by atoms with van der Waals surface area (Å²) in [6, 6.07) is 12.0. The van der Waals surface area contributed by atoms with E-state index in [9.17, 15) is 13.6 Å². The molecule has 6 heteroatoms. The van der Waals surface area contributed by atoms with Gasteiger partial charge < -0.3 is 0 Å². The van der Waals surface area contributed by atoms with Gasteiger partial charge >= 0.3 is 0 Å². The van der Waals surface area contributed by atoms with Gasteiger partial charge in [-0.2, -0.15) is 11.3 Å². The van der Waals surface area contributed by atoms with Crippen LogP contribution in [0.1, 0.15) is 5.56 Å². The van der Waals surface area contributed by atoms with Crippen molar-refractivity contribution in [1.82, 2.24) is 0 Å². The molecule has 1 aromatic heterocycles. The Hall–Kier alpha value is -2.86. The lowest BCUT2D eigenvalue weighted by Gasteiger charge is -2.14. The molecular weight excluding hydrogens is 330 g/mol. The smallest absolute Gasteiger partial charge is 0.274 e. The summed E-state index contributed by atoms with van der Waals surface area (Å²) in [6.07, 6.45) is 0. The van der Waals surface area contributed by atoms with Gasteiger partial charge in [0.25, 0.3) is 5.91 Å². The van der Waals surface area contributed by atoms with Crippen LogP contribution in [0.5, 0.6) is 0 Å². The van der Waals surface area contributed by atoms with Crippen LogP contribution in [0, 0.1) is 11.6 Å². The minimum Gasteiger partial charge on any atom is -0.274 e. The van der Waals surface area contributed by atoms with Crippen LogP contribution in [-0.2, 0) is 4.79 Å². The number of para-hydroxylation sites is 1. The summed E-state index contributed by atoms with van der Waals surface area (Å²) < 4.78 is 26.8. The highest BCUT2D eigenvalue weighted by atomic mass is 32.1. The number of carbonyl (C=O) groups excluding carboxylic acids is 1. The van der Waals surface area contributed by atoms with Gasteiger partial charge in [-0.1, -0.05) is 18.2 Å². The van der Waals surface area contributed by atoms with Crippen molar-refractivity contribution in [1.29, 1.82) is 0 Å². The number of fused-ring (bicyclic) bond motifs is 1. The SMILES string of the molecule is O=C1/C(=N\c2cc(F)cc(F)c2)c2ccccc2N1c1ccsc1. The van der Waals surface area contributed by atoms with Crippen molar-refractivity contribution >= 4 is 40.0 Å². The number of aliphatic imine (C=N–C) groups is 1. The zero-order chi connectivity index (χ0) is 16.7. The van der Waals surface area contributed by atoms with Gasteiger partial charge in [0.2, 0.25) is 0 Å². The lowest BCUT2D eigenvalue weighted by atomic mass is 10.1. The van der Waals surface area contributed by atoms with Crippen molar-refractivity contribution in [2.75, 3.05) is 4.90 Å². The van der Waals surface area contributed by atoms with Gasteiger partial charge in [-0.3, -0.25) is 9.69 Å². The van der Waals surface area contributed by atoms with Crippen molar-refractivity contribution in [2.24, 2.45) is 4.99 Å². The van der Waals surface area contributed by atoms with E-state index in [4.69, 9.17) is 0 Å². The quantitative estimate of drug-likeness (QED) is 0.658. The Labute approximate surface area is 140 Å². The Morgan fingerprint density at radius 3 is 2.46 bits per heavy atom. The maximum Gasteiger partial charge on any atom is 0.282 e. The Balaban J connectivity index is 1.87. The molecule has 0 atom stereocenters. The van der Waals surface area contributed by atoms with Gasteiger partial charge in [0, 0.05) is 17.0 Å². The van der Waals surface area contributed by atoms with Crippen molar-refractivity contribution in [3.05, 3.63) is 76.5 Å². The van der Waals surface area contributed by atoms with Crippen molar-refractivity contribution < 1.29 is 13.6 Å². The first-order chi connectivity index (χ1) is 11.6. The topological polar surface area (TPSA) is 32.7 Å². The average Bonchev–Trinajstić information content (AvgIpc) is 3.14. The molecule has 1 aliphatic heterocycles. The van der Waals surface area contributed by atoms with E-state index in [2.05, 4.69) is 4.99 Å². The summed E-state index contributed by atoms with van der Waals surface area (Å²) in [7, 11) is 0. The summed E-state index contributed by atoms with van der Waals surface area (Å²) in [5.74, 6) is -1.79. The number of halogens is 2. The summed E-state index contributed by atoms with van der Waals surface area (Å²) in [6.45, 7) is 0. The second-order valence-corrected chi connectivity index (χ2v) is 6.01. The maximum absolute atomic E-state index is 13.4.